The molecule has 0 atom stereocenters. The van der Waals surface area contributed by atoms with Gasteiger partial charge in [-0.15, -0.1) is 0 Å². The van der Waals surface area contributed by atoms with Gasteiger partial charge in [-0.05, 0) is 33.6 Å². The van der Waals surface area contributed by atoms with Crippen LogP contribution in [0.25, 0.3) is 11.1 Å². The molecule has 100 valence electrons. The van der Waals surface area contributed by atoms with E-state index in [0.717, 1.165) is 12.1 Å². The number of nitrogen functional groups attached to an aromatic ring is 1. The molecule has 0 radical (unpaired) electrons. The Morgan fingerprint density at radius 3 is 2.58 bits per heavy atom. The summed E-state index contributed by atoms with van der Waals surface area (Å²) in [6.45, 7) is 0. The summed E-state index contributed by atoms with van der Waals surface area (Å²) in [7, 11) is 0. The van der Waals surface area contributed by atoms with Crippen molar-refractivity contribution >= 4 is 33.2 Å². The van der Waals surface area contributed by atoms with Crippen molar-refractivity contribution < 1.29 is 13.2 Å². The van der Waals surface area contributed by atoms with Gasteiger partial charge in [0, 0.05) is 11.8 Å². The Balaban J connectivity index is 2.57. The van der Waals surface area contributed by atoms with Crippen molar-refractivity contribution in [2.24, 2.45) is 0 Å². The summed E-state index contributed by atoms with van der Waals surface area (Å²) in [6.07, 6.45) is -3.06. The quantitative estimate of drug-likeness (QED) is 0.752. The van der Waals surface area contributed by atoms with Crippen LogP contribution in [0.15, 0.2) is 34.9 Å². The van der Waals surface area contributed by atoms with Gasteiger partial charge in [-0.2, -0.15) is 13.2 Å². The summed E-state index contributed by atoms with van der Waals surface area (Å²) < 4.78 is 38.3. The molecule has 0 spiro atoms. The number of rotatable bonds is 1. The number of nitrogens with two attached hydrogens (primary N) is 1. The molecule has 2 rings (SSSR count). The number of pyridine rings is 1. The van der Waals surface area contributed by atoms with E-state index >= 15 is 0 Å². The molecule has 2 nitrogen and oxygen atoms in total. The van der Waals surface area contributed by atoms with Crippen LogP contribution in [0.1, 0.15) is 5.56 Å². The third kappa shape index (κ3) is 2.84. The number of alkyl halides is 3. The SMILES string of the molecule is Nc1c(-c2cccc(C(F)(F)F)c2)cnc(Cl)c1Br. The summed E-state index contributed by atoms with van der Waals surface area (Å²) in [5, 5.41) is 0.160. The second-order valence-corrected chi connectivity index (χ2v) is 4.92. The van der Waals surface area contributed by atoms with Gasteiger partial charge >= 0.3 is 6.18 Å². The highest BCUT2D eigenvalue weighted by molar-refractivity contribution is 9.10. The first kappa shape index (κ1) is 14.1. The first-order valence-corrected chi connectivity index (χ1v) is 6.25. The molecule has 1 heterocycles. The average Bonchev–Trinajstić information content (AvgIpc) is 2.35. The Hall–Kier alpha value is -1.27. The van der Waals surface area contributed by atoms with Crippen molar-refractivity contribution in [1.82, 2.24) is 4.98 Å². The van der Waals surface area contributed by atoms with Crippen LogP contribution in [0.2, 0.25) is 5.15 Å². The lowest BCUT2D eigenvalue weighted by Crippen LogP contribution is -2.04. The first-order valence-electron chi connectivity index (χ1n) is 5.08. The summed E-state index contributed by atoms with van der Waals surface area (Å²) >= 11 is 8.90. The maximum Gasteiger partial charge on any atom is 0.416 e. The van der Waals surface area contributed by atoms with Gasteiger partial charge in [-0.3, -0.25) is 0 Å². The Bertz CT molecular complexity index is 629. The van der Waals surface area contributed by atoms with Gasteiger partial charge in [0.15, 0.2) is 0 Å². The number of benzene rings is 1. The number of halogens is 5. The van der Waals surface area contributed by atoms with E-state index in [0.29, 0.717) is 15.6 Å². The van der Waals surface area contributed by atoms with Crippen LogP contribution in [0.3, 0.4) is 0 Å². The van der Waals surface area contributed by atoms with Crippen LogP contribution in [0.5, 0.6) is 0 Å². The van der Waals surface area contributed by atoms with Gasteiger partial charge in [-0.25, -0.2) is 4.98 Å². The minimum atomic E-state index is -4.40. The summed E-state index contributed by atoms with van der Waals surface area (Å²) in [4.78, 5) is 3.87. The predicted octanol–water partition coefficient (Wildman–Crippen LogP) is 4.77. The Morgan fingerprint density at radius 1 is 1.26 bits per heavy atom. The molecular formula is C12H7BrClF3N2. The fourth-order valence-corrected chi connectivity index (χ4v) is 2.04. The molecule has 0 aliphatic rings. The molecule has 0 aliphatic carbocycles. The molecule has 0 fully saturated rings. The lowest BCUT2D eigenvalue weighted by molar-refractivity contribution is -0.137. The van der Waals surface area contributed by atoms with Crippen LogP contribution < -0.4 is 5.73 Å². The number of anilines is 1. The molecule has 0 saturated carbocycles. The van der Waals surface area contributed by atoms with Crippen LogP contribution in [0.4, 0.5) is 18.9 Å². The largest absolute Gasteiger partial charge is 0.416 e. The van der Waals surface area contributed by atoms with Gasteiger partial charge in [0.05, 0.1) is 15.7 Å². The maximum absolute atomic E-state index is 12.7. The van der Waals surface area contributed by atoms with E-state index in [1.54, 1.807) is 0 Å². The smallest absolute Gasteiger partial charge is 0.397 e. The van der Waals surface area contributed by atoms with Crippen molar-refractivity contribution in [3.63, 3.8) is 0 Å². The molecule has 0 saturated heterocycles. The number of hydrogen-bond donors (Lipinski definition) is 1. The second kappa shape index (κ2) is 5.02. The normalized spacial score (nSPS) is 11.6. The van der Waals surface area contributed by atoms with E-state index in [4.69, 9.17) is 17.3 Å². The molecule has 2 aromatic rings. The van der Waals surface area contributed by atoms with Crippen molar-refractivity contribution in [3.8, 4) is 11.1 Å². The summed E-state index contributed by atoms with van der Waals surface area (Å²) in [5.41, 5.74) is 6.05. The fraction of sp³-hybridized carbons (Fsp3) is 0.0833. The highest BCUT2D eigenvalue weighted by Crippen LogP contribution is 2.37. The van der Waals surface area contributed by atoms with Crippen LogP contribution in [-0.4, -0.2) is 4.98 Å². The highest BCUT2D eigenvalue weighted by atomic mass is 79.9. The van der Waals surface area contributed by atoms with Gasteiger partial charge in [0.1, 0.15) is 5.15 Å². The molecule has 0 bridgehead atoms. The lowest BCUT2D eigenvalue weighted by atomic mass is 10.0. The van der Waals surface area contributed by atoms with E-state index in [2.05, 4.69) is 20.9 Å². The van der Waals surface area contributed by atoms with Gasteiger partial charge < -0.3 is 5.73 Å². The molecule has 0 amide bonds. The van der Waals surface area contributed by atoms with E-state index < -0.39 is 11.7 Å². The van der Waals surface area contributed by atoms with Crippen molar-refractivity contribution in [2.45, 2.75) is 6.18 Å². The molecule has 0 aliphatic heterocycles. The monoisotopic (exact) mass is 350 g/mol. The maximum atomic E-state index is 12.7. The molecular weight excluding hydrogens is 344 g/mol. The molecule has 2 N–H and O–H groups in total. The number of aromatic nitrogens is 1. The Morgan fingerprint density at radius 2 is 1.95 bits per heavy atom. The zero-order chi connectivity index (χ0) is 14.2. The van der Waals surface area contributed by atoms with Crippen LogP contribution >= 0.6 is 27.5 Å². The molecule has 7 heteroatoms. The third-order valence-electron chi connectivity index (χ3n) is 2.52. The zero-order valence-corrected chi connectivity index (χ0v) is 11.6. The van der Waals surface area contributed by atoms with Crippen LogP contribution in [0, 0.1) is 0 Å². The highest BCUT2D eigenvalue weighted by Gasteiger charge is 2.30. The standard InChI is InChI=1S/C12H7BrClF3N2/c13-9-10(18)8(5-19-11(9)14)6-2-1-3-7(4-6)12(15,16)17/h1-5H,(H2,18,19). The number of nitrogens with zero attached hydrogens (tertiary/aromatic N) is 1. The van der Waals surface area contributed by atoms with Gasteiger partial charge in [-0.1, -0.05) is 23.7 Å². The minimum Gasteiger partial charge on any atom is -0.397 e. The fourth-order valence-electron chi connectivity index (χ4n) is 1.57. The molecule has 1 aromatic heterocycles. The Kier molecular flexibility index (Phi) is 3.73. The summed E-state index contributed by atoms with van der Waals surface area (Å²) in [6, 6.07) is 4.87. The topological polar surface area (TPSA) is 38.9 Å². The average molecular weight is 352 g/mol. The second-order valence-electron chi connectivity index (χ2n) is 3.77. The van der Waals surface area contributed by atoms with E-state index in [1.165, 1.54) is 18.3 Å². The van der Waals surface area contributed by atoms with Gasteiger partial charge in [0.25, 0.3) is 0 Å². The lowest BCUT2D eigenvalue weighted by Gasteiger charge is -2.11. The van der Waals surface area contributed by atoms with Crippen molar-refractivity contribution in [3.05, 3.63) is 45.7 Å². The first-order chi connectivity index (χ1) is 8.80. The zero-order valence-electron chi connectivity index (χ0n) is 9.30. The summed E-state index contributed by atoms with van der Waals surface area (Å²) in [5.74, 6) is 0. The third-order valence-corrected chi connectivity index (χ3v) is 3.83. The van der Waals surface area contributed by atoms with E-state index in [1.807, 2.05) is 0 Å². The molecule has 19 heavy (non-hydrogen) atoms. The van der Waals surface area contributed by atoms with E-state index in [9.17, 15) is 13.2 Å². The van der Waals surface area contributed by atoms with Gasteiger partial charge in [0.2, 0.25) is 0 Å². The predicted molar refractivity (Wildman–Crippen MR) is 71.8 cm³/mol. The van der Waals surface area contributed by atoms with Crippen LogP contribution in [-0.2, 0) is 6.18 Å². The van der Waals surface area contributed by atoms with E-state index in [-0.39, 0.29) is 10.8 Å². The van der Waals surface area contributed by atoms with Crippen molar-refractivity contribution in [2.75, 3.05) is 5.73 Å². The minimum absolute atomic E-state index is 0.160. The Labute approximate surface area is 120 Å². The number of hydrogen-bond acceptors (Lipinski definition) is 2. The van der Waals surface area contributed by atoms with Crippen molar-refractivity contribution in [1.29, 1.82) is 0 Å². The molecule has 0 unspecified atom stereocenters. The molecule has 1 aromatic carbocycles.